The molecule has 0 saturated carbocycles. The average molecular weight is 335 g/mol. The zero-order chi connectivity index (χ0) is 14.3. The molecular formula is C14H8BrFN2O2. The van der Waals surface area contributed by atoms with Crippen LogP contribution in [-0.2, 0) is 0 Å². The van der Waals surface area contributed by atoms with E-state index in [9.17, 15) is 14.5 Å². The SMILES string of the molecule is O=[N+]([O-])c1cccc2[nH]c(-c3ccc(Br)cc3F)cc12. The molecule has 0 saturated heterocycles. The van der Waals surface area contributed by atoms with E-state index in [2.05, 4.69) is 20.9 Å². The number of nitro groups is 1. The van der Waals surface area contributed by atoms with Crippen molar-refractivity contribution in [1.82, 2.24) is 4.98 Å². The molecule has 0 fully saturated rings. The van der Waals surface area contributed by atoms with Gasteiger partial charge in [-0.25, -0.2) is 4.39 Å². The molecule has 0 aliphatic rings. The minimum absolute atomic E-state index is 0.00233. The fourth-order valence-corrected chi connectivity index (χ4v) is 2.48. The van der Waals surface area contributed by atoms with E-state index in [1.165, 1.54) is 12.1 Å². The highest BCUT2D eigenvalue weighted by molar-refractivity contribution is 9.10. The molecule has 0 unspecified atom stereocenters. The van der Waals surface area contributed by atoms with Gasteiger partial charge >= 0.3 is 0 Å². The van der Waals surface area contributed by atoms with Crippen molar-refractivity contribution in [3.8, 4) is 11.3 Å². The van der Waals surface area contributed by atoms with E-state index in [-0.39, 0.29) is 5.69 Å². The Morgan fingerprint density at radius 3 is 2.70 bits per heavy atom. The summed E-state index contributed by atoms with van der Waals surface area (Å²) in [6, 6.07) is 11.0. The Labute approximate surface area is 121 Å². The van der Waals surface area contributed by atoms with Gasteiger partial charge in [0.05, 0.1) is 15.8 Å². The third-order valence-electron chi connectivity index (χ3n) is 3.06. The maximum Gasteiger partial charge on any atom is 0.278 e. The van der Waals surface area contributed by atoms with Gasteiger partial charge in [-0.1, -0.05) is 22.0 Å². The lowest BCUT2D eigenvalue weighted by atomic mass is 10.1. The Bertz CT molecular complexity index is 829. The number of H-pyrrole nitrogens is 1. The molecule has 1 aromatic heterocycles. The number of nitro benzene ring substituents is 1. The minimum atomic E-state index is -0.447. The lowest BCUT2D eigenvalue weighted by Gasteiger charge is -2.00. The van der Waals surface area contributed by atoms with Crippen molar-refractivity contribution in [3.63, 3.8) is 0 Å². The fourth-order valence-electron chi connectivity index (χ4n) is 2.15. The van der Waals surface area contributed by atoms with Gasteiger partial charge in [0.25, 0.3) is 5.69 Å². The van der Waals surface area contributed by atoms with Crippen molar-refractivity contribution in [2.75, 3.05) is 0 Å². The van der Waals surface area contributed by atoms with Crippen LogP contribution in [0.5, 0.6) is 0 Å². The van der Waals surface area contributed by atoms with Crippen LogP contribution in [0.2, 0.25) is 0 Å². The van der Waals surface area contributed by atoms with Crippen molar-refractivity contribution in [1.29, 1.82) is 0 Å². The van der Waals surface area contributed by atoms with E-state index in [1.807, 2.05) is 0 Å². The van der Waals surface area contributed by atoms with E-state index >= 15 is 0 Å². The van der Waals surface area contributed by atoms with Crippen LogP contribution in [0, 0.1) is 15.9 Å². The molecule has 4 nitrogen and oxygen atoms in total. The summed E-state index contributed by atoms with van der Waals surface area (Å²) < 4.78 is 14.6. The summed E-state index contributed by atoms with van der Waals surface area (Å²) in [7, 11) is 0. The Hall–Kier alpha value is -2.21. The molecule has 2 aromatic carbocycles. The first kappa shape index (κ1) is 12.8. The third kappa shape index (κ3) is 2.08. The van der Waals surface area contributed by atoms with Crippen LogP contribution in [0.4, 0.5) is 10.1 Å². The van der Waals surface area contributed by atoms with Gasteiger partial charge in [-0.05, 0) is 30.3 Å². The van der Waals surface area contributed by atoms with Gasteiger partial charge in [0.15, 0.2) is 0 Å². The Kier molecular flexibility index (Phi) is 3.02. The van der Waals surface area contributed by atoms with Crippen molar-refractivity contribution < 1.29 is 9.31 Å². The van der Waals surface area contributed by atoms with Crippen molar-refractivity contribution in [3.05, 3.63) is 62.9 Å². The monoisotopic (exact) mass is 334 g/mol. The van der Waals surface area contributed by atoms with Crippen LogP contribution < -0.4 is 0 Å². The normalized spacial score (nSPS) is 10.9. The third-order valence-corrected chi connectivity index (χ3v) is 3.55. The Morgan fingerprint density at radius 1 is 1.20 bits per heavy atom. The number of aromatic nitrogens is 1. The number of hydrogen-bond donors (Lipinski definition) is 1. The number of benzene rings is 2. The standard InChI is InChI=1S/C14H8BrFN2O2/c15-8-4-5-9(11(16)6-8)13-7-10-12(17-13)2-1-3-14(10)18(19)20/h1-7,17H. The Morgan fingerprint density at radius 2 is 2.00 bits per heavy atom. The summed E-state index contributed by atoms with van der Waals surface area (Å²) in [4.78, 5) is 13.5. The van der Waals surface area contributed by atoms with Crippen molar-refractivity contribution in [2.45, 2.75) is 0 Å². The molecular weight excluding hydrogens is 327 g/mol. The average Bonchev–Trinajstić information content (AvgIpc) is 2.81. The zero-order valence-corrected chi connectivity index (χ0v) is 11.6. The second-order valence-electron chi connectivity index (χ2n) is 4.30. The van der Waals surface area contributed by atoms with E-state index in [1.54, 1.807) is 30.3 Å². The number of fused-ring (bicyclic) bond motifs is 1. The first-order valence-electron chi connectivity index (χ1n) is 5.78. The van der Waals surface area contributed by atoms with E-state index in [0.717, 1.165) is 0 Å². The summed E-state index contributed by atoms with van der Waals surface area (Å²) in [5.74, 6) is -0.395. The lowest BCUT2D eigenvalue weighted by Crippen LogP contribution is -1.87. The minimum Gasteiger partial charge on any atom is -0.354 e. The van der Waals surface area contributed by atoms with Crippen molar-refractivity contribution >= 4 is 32.5 Å². The molecule has 0 aliphatic carbocycles. The second kappa shape index (κ2) is 4.72. The van der Waals surface area contributed by atoms with Gasteiger partial charge in [-0.3, -0.25) is 10.1 Å². The molecule has 1 N–H and O–H groups in total. The lowest BCUT2D eigenvalue weighted by molar-refractivity contribution is -0.383. The molecule has 0 aliphatic heterocycles. The summed E-state index contributed by atoms with van der Waals surface area (Å²) in [6.45, 7) is 0. The van der Waals surface area contributed by atoms with Crippen LogP contribution >= 0.6 is 15.9 Å². The smallest absolute Gasteiger partial charge is 0.278 e. The van der Waals surface area contributed by atoms with Crippen LogP contribution in [0.3, 0.4) is 0 Å². The molecule has 1 heterocycles. The predicted molar refractivity (Wildman–Crippen MR) is 78.0 cm³/mol. The number of hydrogen-bond acceptors (Lipinski definition) is 2. The van der Waals surface area contributed by atoms with Gasteiger partial charge in [-0.2, -0.15) is 0 Å². The first-order chi connectivity index (χ1) is 9.56. The maximum atomic E-state index is 13.9. The molecule has 0 amide bonds. The summed E-state index contributed by atoms with van der Waals surface area (Å²) >= 11 is 3.19. The second-order valence-corrected chi connectivity index (χ2v) is 5.22. The molecule has 0 spiro atoms. The van der Waals surface area contributed by atoms with E-state index in [4.69, 9.17) is 0 Å². The van der Waals surface area contributed by atoms with E-state index < -0.39 is 10.7 Å². The molecule has 20 heavy (non-hydrogen) atoms. The zero-order valence-electron chi connectivity index (χ0n) is 10.1. The van der Waals surface area contributed by atoms with E-state index in [0.29, 0.717) is 26.6 Å². The molecule has 6 heteroatoms. The van der Waals surface area contributed by atoms with Crippen LogP contribution in [0.25, 0.3) is 22.2 Å². The molecule has 100 valence electrons. The number of non-ortho nitro benzene ring substituents is 1. The van der Waals surface area contributed by atoms with Crippen molar-refractivity contribution in [2.24, 2.45) is 0 Å². The number of nitrogens with one attached hydrogen (secondary N) is 1. The highest BCUT2D eigenvalue weighted by Gasteiger charge is 2.15. The van der Waals surface area contributed by atoms with Gasteiger partial charge < -0.3 is 4.98 Å². The largest absolute Gasteiger partial charge is 0.354 e. The molecule has 0 bridgehead atoms. The molecule has 3 rings (SSSR count). The molecule has 0 atom stereocenters. The number of nitrogens with zero attached hydrogens (tertiary/aromatic N) is 1. The number of halogens is 2. The Balaban J connectivity index is 2.23. The first-order valence-corrected chi connectivity index (χ1v) is 6.57. The summed E-state index contributed by atoms with van der Waals surface area (Å²) in [5.41, 5.74) is 1.50. The van der Waals surface area contributed by atoms with Gasteiger partial charge in [0.2, 0.25) is 0 Å². The molecule has 3 aromatic rings. The summed E-state index contributed by atoms with van der Waals surface area (Å²) in [5, 5.41) is 11.5. The van der Waals surface area contributed by atoms with Gasteiger partial charge in [-0.15, -0.1) is 0 Å². The topological polar surface area (TPSA) is 58.9 Å². The number of rotatable bonds is 2. The quantitative estimate of drug-likeness (QED) is 0.548. The van der Waals surface area contributed by atoms with Crippen LogP contribution in [0.1, 0.15) is 0 Å². The van der Waals surface area contributed by atoms with Gasteiger partial charge in [0, 0.05) is 21.8 Å². The highest BCUT2D eigenvalue weighted by Crippen LogP contribution is 2.32. The summed E-state index contributed by atoms with van der Waals surface area (Å²) in [6.07, 6.45) is 0. The predicted octanol–water partition coefficient (Wildman–Crippen LogP) is 4.64. The maximum absolute atomic E-state index is 13.9. The van der Waals surface area contributed by atoms with Gasteiger partial charge in [0.1, 0.15) is 5.82 Å². The molecule has 0 radical (unpaired) electrons. The highest BCUT2D eigenvalue weighted by atomic mass is 79.9. The number of aromatic amines is 1. The van der Waals surface area contributed by atoms with Crippen LogP contribution in [-0.4, -0.2) is 9.91 Å². The van der Waals surface area contributed by atoms with Crippen LogP contribution in [0.15, 0.2) is 46.9 Å². The fraction of sp³-hybridized carbons (Fsp3) is 0.